The molecule has 0 saturated carbocycles. The van der Waals surface area contributed by atoms with Gasteiger partial charge in [-0.3, -0.25) is 9.89 Å². The predicted molar refractivity (Wildman–Crippen MR) is 155 cm³/mol. The molecule has 2 heterocycles. The highest BCUT2D eigenvalue weighted by molar-refractivity contribution is 5.70. The summed E-state index contributed by atoms with van der Waals surface area (Å²) in [6.45, 7) is 15.2. The van der Waals surface area contributed by atoms with E-state index in [1.807, 2.05) is 31.5 Å². The molecule has 1 aromatic heterocycles. The van der Waals surface area contributed by atoms with Crippen molar-refractivity contribution in [3.8, 4) is 0 Å². The van der Waals surface area contributed by atoms with E-state index in [0.29, 0.717) is 25.2 Å². The molecule has 4 atom stereocenters. The standard InChI is InChI=1S/C29H48N6O2/c1-7-13-31-23(5)18-22(4)11-10-14-32-29(37)25-19-24(21-34(9-3)16-17-36)20-33-28(25)35-15-12-26(30-6)27(35)8-2/h7,10-11,13-14,19-20,23,26-27,29-30,32,36-37H,1,8-9,12,15-18,21H2,2-6H3/b14-10+,22-11+,31-13?. The van der Waals surface area contributed by atoms with Crippen molar-refractivity contribution in [1.82, 2.24) is 20.5 Å². The van der Waals surface area contributed by atoms with Gasteiger partial charge in [0.25, 0.3) is 0 Å². The Bertz CT molecular complexity index is 916. The van der Waals surface area contributed by atoms with Crippen molar-refractivity contribution in [3.05, 3.63) is 60.0 Å². The molecule has 37 heavy (non-hydrogen) atoms. The molecule has 1 aromatic rings. The minimum atomic E-state index is -0.900. The number of hydrogen-bond donors (Lipinski definition) is 4. The topological polar surface area (TPSA) is 96.2 Å². The number of likely N-dealkylation sites (N-methyl/N-ethyl adjacent to an activating group) is 2. The lowest BCUT2D eigenvalue weighted by molar-refractivity contribution is 0.155. The van der Waals surface area contributed by atoms with Crippen molar-refractivity contribution in [3.63, 3.8) is 0 Å². The maximum absolute atomic E-state index is 11.2. The zero-order chi connectivity index (χ0) is 27.2. The van der Waals surface area contributed by atoms with Crippen molar-refractivity contribution in [1.29, 1.82) is 0 Å². The molecule has 1 saturated heterocycles. The van der Waals surface area contributed by atoms with Gasteiger partial charge in [-0.05, 0) is 70.6 Å². The molecule has 4 unspecified atom stereocenters. The number of aliphatic hydroxyl groups is 2. The lowest BCUT2D eigenvalue weighted by Crippen LogP contribution is -2.41. The SMILES string of the molecule is C=CC=NC(C)C/C(C)=C/C=C/NC(O)c1cc(CN(CC)CCO)cnc1N1CCC(NC)C1CC. The first-order chi connectivity index (χ1) is 17.9. The van der Waals surface area contributed by atoms with Gasteiger partial charge in [-0.2, -0.15) is 0 Å². The number of aliphatic hydroxyl groups excluding tert-OH is 2. The van der Waals surface area contributed by atoms with Crippen molar-refractivity contribution >= 4 is 12.0 Å². The van der Waals surface area contributed by atoms with E-state index in [9.17, 15) is 10.2 Å². The third-order valence-corrected chi connectivity index (χ3v) is 6.92. The Labute approximate surface area is 223 Å². The molecule has 0 bridgehead atoms. The maximum Gasteiger partial charge on any atom is 0.153 e. The van der Waals surface area contributed by atoms with Crippen LogP contribution in [0.25, 0.3) is 0 Å². The molecule has 0 radical (unpaired) electrons. The van der Waals surface area contributed by atoms with Crippen LogP contribution in [0, 0.1) is 0 Å². The van der Waals surface area contributed by atoms with Gasteiger partial charge in [0.1, 0.15) is 5.82 Å². The number of aromatic nitrogens is 1. The highest BCUT2D eigenvalue weighted by Crippen LogP contribution is 2.32. The number of nitrogens with zero attached hydrogens (tertiary/aromatic N) is 4. The Morgan fingerprint density at radius 3 is 2.84 bits per heavy atom. The van der Waals surface area contributed by atoms with Crippen LogP contribution in [0.3, 0.4) is 0 Å². The predicted octanol–water partition coefficient (Wildman–Crippen LogP) is 3.55. The summed E-state index contributed by atoms with van der Waals surface area (Å²) in [5.41, 5.74) is 2.99. The van der Waals surface area contributed by atoms with Crippen LogP contribution in [0.2, 0.25) is 0 Å². The fourth-order valence-corrected chi connectivity index (χ4v) is 5.00. The molecule has 1 aliphatic rings. The van der Waals surface area contributed by atoms with Gasteiger partial charge in [-0.15, -0.1) is 0 Å². The van der Waals surface area contributed by atoms with Crippen molar-refractivity contribution in [2.45, 2.75) is 77.9 Å². The summed E-state index contributed by atoms with van der Waals surface area (Å²) < 4.78 is 0. The lowest BCUT2D eigenvalue weighted by atomic mass is 10.1. The Hall–Kier alpha value is -2.52. The number of nitrogens with one attached hydrogen (secondary N) is 2. The van der Waals surface area contributed by atoms with E-state index in [1.165, 1.54) is 5.57 Å². The first kappa shape index (κ1) is 30.7. The summed E-state index contributed by atoms with van der Waals surface area (Å²) >= 11 is 0. The van der Waals surface area contributed by atoms with Crippen molar-refractivity contribution in [2.75, 3.05) is 38.2 Å². The third kappa shape index (κ3) is 9.38. The smallest absolute Gasteiger partial charge is 0.153 e. The van der Waals surface area contributed by atoms with E-state index in [1.54, 1.807) is 18.5 Å². The van der Waals surface area contributed by atoms with Gasteiger partial charge >= 0.3 is 0 Å². The van der Waals surface area contributed by atoms with Crippen LogP contribution in [0.15, 0.2) is 53.8 Å². The molecule has 0 aromatic carbocycles. The molecule has 8 heteroatoms. The summed E-state index contributed by atoms with van der Waals surface area (Å²) in [6, 6.07) is 2.96. The Kier molecular flexibility index (Phi) is 13.6. The third-order valence-electron chi connectivity index (χ3n) is 6.92. The van der Waals surface area contributed by atoms with E-state index < -0.39 is 6.23 Å². The Morgan fingerprint density at radius 1 is 1.41 bits per heavy atom. The highest BCUT2D eigenvalue weighted by Gasteiger charge is 2.34. The fraction of sp³-hybridized carbons (Fsp3) is 0.586. The number of rotatable bonds is 16. The minimum Gasteiger partial charge on any atom is -0.395 e. The summed E-state index contributed by atoms with van der Waals surface area (Å²) in [5, 5.41) is 27.2. The average molecular weight is 513 g/mol. The van der Waals surface area contributed by atoms with E-state index in [-0.39, 0.29) is 12.6 Å². The van der Waals surface area contributed by atoms with E-state index in [4.69, 9.17) is 4.98 Å². The largest absolute Gasteiger partial charge is 0.395 e. The zero-order valence-electron chi connectivity index (χ0n) is 23.4. The van der Waals surface area contributed by atoms with Gasteiger partial charge < -0.3 is 25.7 Å². The minimum absolute atomic E-state index is 0.116. The van der Waals surface area contributed by atoms with Gasteiger partial charge in [0.05, 0.1) is 12.6 Å². The van der Waals surface area contributed by atoms with E-state index >= 15 is 0 Å². The van der Waals surface area contributed by atoms with E-state index in [0.717, 1.165) is 49.3 Å². The second kappa shape index (κ2) is 16.3. The quantitative estimate of drug-likeness (QED) is 0.153. The molecular weight excluding hydrogens is 464 g/mol. The average Bonchev–Trinajstić information content (AvgIpc) is 3.32. The zero-order valence-corrected chi connectivity index (χ0v) is 23.4. The second-order valence-electron chi connectivity index (χ2n) is 9.73. The lowest BCUT2D eigenvalue weighted by Gasteiger charge is -2.31. The number of anilines is 1. The van der Waals surface area contributed by atoms with Crippen LogP contribution in [-0.2, 0) is 6.54 Å². The van der Waals surface area contributed by atoms with Gasteiger partial charge in [-0.1, -0.05) is 38.2 Å². The second-order valence-corrected chi connectivity index (χ2v) is 9.73. The maximum atomic E-state index is 11.2. The number of hydrogen-bond acceptors (Lipinski definition) is 8. The number of allylic oxidation sites excluding steroid dienone is 3. The van der Waals surface area contributed by atoms with Gasteiger partial charge in [0, 0.05) is 49.7 Å². The molecule has 2 rings (SSSR count). The first-order valence-corrected chi connectivity index (χ1v) is 13.5. The molecule has 206 valence electrons. The van der Waals surface area contributed by atoms with Crippen LogP contribution >= 0.6 is 0 Å². The highest BCUT2D eigenvalue weighted by atomic mass is 16.3. The molecular formula is C29H48N6O2. The Balaban J connectivity index is 2.24. The summed E-state index contributed by atoms with van der Waals surface area (Å²) in [6.07, 6.45) is 13.1. The molecule has 0 aliphatic carbocycles. The molecule has 0 spiro atoms. The monoisotopic (exact) mass is 512 g/mol. The molecule has 1 fully saturated rings. The number of pyridine rings is 1. The van der Waals surface area contributed by atoms with Gasteiger partial charge in [0.2, 0.25) is 0 Å². The molecule has 1 aliphatic heterocycles. The van der Waals surface area contributed by atoms with Crippen LogP contribution < -0.4 is 15.5 Å². The summed E-state index contributed by atoms with van der Waals surface area (Å²) in [5.74, 6) is 0.826. The first-order valence-electron chi connectivity index (χ1n) is 13.5. The van der Waals surface area contributed by atoms with E-state index in [2.05, 4.69) is 59.7 Å². The van der Waals surface area contributed by atoms with Gasteiger partial charge in [-0.25, -0.2) is 4.98 Å². The summed E-state index contributed by atoms with van der Waals surface area (Å²) in [7, 11) is 2.01. The van der Waals surface area contributed by atoms with Crippen molar-refractivity contribution in [2.24, 2.45) is 4.99 Å². The fourth-order valence-electron chi connectivity index (χ4n) is 5.00. The van der Waals surface area contributed by atoms with Crippen LogP contribution in [0.4, 0.5) is 5.82 Å². The normalized spacial score (nSPS) is 20.3. The molecule has 0 amide bonds. The molecule has 4 N–H and O–H groups in total. The Morgan fingerprint density at radius 2 is 2.19 bits per heavy atom. The molecule has 8 nitrogen and oxygen atoms in total. The van der Waals surface area contributed by atoms with Crippen LogP contribution in [0.5, 0.6) is 0 Å². The van der Waals surface area contributed by atoms with Crippen molar-refractivity contribution < 1.29 is 10.2 Å². The van der Waals surface area contributed by atoms with Gasteiger partial charge in [0.15, 0.2) is 6.23 Å². The van der Waals surface area contributed by atoms with Crippen LogP contribution in [0.1, 0.15) is 64.3 Å². The summed E-state index contributed by atoms with van der Waals surface area (Å²) in [4.78, 5) is 13.8. The van der Waals surface area contributed by atoms with Crippen LogP contribution in [-0.4, -0.2) is 77.7 Å². The number of aliphatic imine (C=N–C) groups is 1.